The molecule has 1 aromatic carbocycles. The number of halogens is 2. The lowest BCUT2D eigenvalue weighted by molar-refractivity contribution is 0.0689. The van der Waals surface area contributed by atoms with Gasteiger partial charge in [-0.25, -0.2) is 9.48 Å². The van der Waals surface area contributed by atoms with Crippen LogP contribution in [-0.2, 0) is 0 Å². The molecule has 0 bridgehead atoms. The summed E-state index contributed by atoms with van der Waals surface area (Å²) in [4.78, 5) is 11.0. The molecule has 88 valence electrons. The second-order valence-corrected chi connectivity index (χ2v) is 5.15. The molecule has 0 aliphatic heterocycles. The largest absolute Gasteiger partial charge is 0.476 e. The molecule has 1 heterocycles. The first-order chi connectivity index (χ1) is 8.00. The van der Waals surface area contributed by atoms with Gasteiger partial charge in [0.05, 0.1) is 15.9 Å². The maximum absolute atomic E-state index is 11.0. The summed E-state index contributed by atoms with van der Waals surface area (Å²) in [6.07, 6.45) is 0. The molecule has 0 radical (unpaired) electrons. The van der Waals surface area contributed by atoms with E-state index in [4.69, 9.17) is 5.11 Å². The van der Waals surface area contributed by atoms with E-state index >= 15 is 0 Å². The molecule has 1 N–H and O–H groups in total. The van der Waals surface area contributed by atoms with Crippen LogP contribution >= 0.6 is 31.9 Å². The summed E-state index contributed by atoms with van der Waals surface area (Å²) in [6.45, 7) is 1.81. The smallest absolute Gasteiger partial charge is 0.357 e. The molecule has 0 saturated carbocycles. The van der Waals surface area contributed by atoms with E-state index in [1.54, 1.807) is 4.68 Å². The number of nitrogens with zero attached hydrogens (tertiary/aromatic N) is 2. The van der Waals surface area contributed by atoms with Gasteiger partial charge in [0.15, 0.2) is 5.69 Å². The van der Waals surface area contributed by atoms with E-state index in [-0.39, 0.29) is 5.69 Å². The van der Waals surface area contributed by atoms with Gasteiger partial charge in [0, 0.05) is 4.47 Å². The van der Waals surface area contributed by atoms with Crippen molar-refractivity contribution >= 4 is 37.8 Å². The number of hydrogen-bond acceptors (Lipinski definition) is 2. The molecular weight excluding hydrogens is 352 g/mol. The molecule has 1 aromatic heterocycles. The number of benzene rings is 1. The second kappa shape index (κ2) is 4.62. The first-order valence-electron chi connectivity index (χ1n) is 4.75. The summed E-state index contributed by atoms with van der Waals surface area (Å²) in [7, 11) is 0. The molecule has 6 heteroatoms. The van der Waals surface area contributed by atoms with Crippen LogP contribution in [0.5, 0.6) is 0 Å². The normalized spacial score (nSPS) is 10.5. The van der Waals surface area contributed by atoms with Crippen LogP contribution in [0.3, 0.4) is 0 Å². The lowest BCUT2D eigenvalue weighted by atomic mass is 10.3. The fraction of sp³-hybridized carbons (Fsp3) is 0.0909. The lowest BCUT2D eigenvalue weighted by Crippen LogP contribution is -2.02. The summed E-state index contributed by atoms with van der Waals surface area (Å²) < 4.78 is 3.07. The molecule has 0 aliphatic rings. The van der Waals surface area contributed by atoms with Crippen LogP contribution in [0.1, 0.15) is 16.2 Å². The average Bonchev–Trinajstić information content (AvgIpc) is 2.58. The summed E-state index contributed by atoms with van der Waals surface area (Å²) in [5.74, 6) is -1.05. The monoisotopic (exact) mass is 358 g/mol. The van der Waals surface area contributed by atoms with Gasteiger partial charge in [0.2, 0.25) is 0 Å². The minimum atomic E-state index is -1.05. The molecule has 0 aliphatic carbocycles. The SMILES string of the molecule is Cc1c(Br)c(C(=O)O)nn1-c1ccc(Br)cc1. The molecule has 0 amide bonds. The van der Waals surface area contributed by atoms with E-state index in [1.165, 1.54) is 0 Å². The number of carboxylic acid groups (broad SMARTS) is 1. The molecule has 2 aromatic rings. The third-order valence-corrected chi connectivity index (χ3v) is 3.80. The van der Waals surface area contributed by atoms with Crippen LogP contribution in [0.2, 0.25) is 0 Å². The number of aromatic carboxylic acids is 1. The highest BCUT2D eigenvalue weighted by molar-refractivity contribution is 9.10. The minimum Gasteiger partial charge on any atom is -0.476 e. The third kappa shape index (κ3) is 2.28. The lowest BCUT2D eigenvalue weighted by Gasteiger charge is -2.03. The molecule has 4 nitrogen and oxygen atoms in total. The standard InChI is InChI=1S/C11H8Br2N2O2/c1-6-9(13)10(11(16)17)14-15(6)8-4-2-7(12)3-5-8/h2-5H,1H3,(H,16,17). The van der Waals surface area contributed by atoms with Crippen molar-refractivity contribution in [3.05, 3.63) is 44.6 Å². The van der Waals surface area contributed by atoms with E-state index in [9.17, 15) is 4.79 Å². The Morgan fingerprint density at radius 2 is 1.88 bits per heavy atom. The zero-order valence-electron chi connectivity index (χ0n) is 8.82. The van der Waals surface area contributed by atoms with Crippen molar-refractivity contribution in [2.75, 3.05) is 0 Å². The number of rotatable bonds is 2. The maximum Gasteiger partial charge on any atom is 0.357 e. The number of aromatic nitrogens is 2. The van der Waals surface area contributed by atoms with E-state index in [2.05, 4.69) is 37.0 Å². The van der Waals surface area contributed by atoms with E-state index in [0.717, 1.165) is 15.9 Å². The molecule has 0 atom stereocenters. The molecule has 0 fully saturated rings. The van der Waals surface area contributed by atoms with Gasteiger partial charge in [0.25, 0.3) is 0 Å². The highest BCUT2D eigenvalue weighted by Crippen LogP contribution is 2.24. The molecule has 17 heavy (non-hydrogen) atoms. The molecule has 0 saturated heterocycles. The van der Waals surface area contributed by atoms with Crippen LogP contribution in [0.25, 0.3) is 5.69 Å². The van der Waals surface area contributed by atoms with E-state index in [1.807, 2.05) is 31.2 Å². The van der Waals surface area contributed by atoms with E-state index in [0.29, 0.717) is 4.47 Å². The Bertz CT molecular complexity index is 576. The van der Waals surface area contributed by atoms with E-state index < -0.39 is 5.97 Å². The summed E-state index contributed by atoms with van der Waals surface area (Å²) in [5.41, 5.74) is 1.59. The fourth-order valence-corrected chi connectivity index (χ4v) is 2.13. The molecule has 0 unspecified atom stereocenters. The van der Waals surface area contributed by atoms with Gasteiger partial charge in [0.1, 0.15) is 0 Å². The summed E-state index contributed by atoms with van der Waals surface area (Å²) >= 11 is 6.59. The number of carboxylic acids is 1. The van der Waals surface area contributed by atoms with Gasteiger partial charge in [-0.05, 0) is 47.1 Å². The topological polar surface area (TPSA) is 55.1 Å². The van der Waals surface area contributed by atoms with Crippen LogP contribution in [-0.4, -0.2) is 20.9 Å². The van der Waals surface area contributed by atoms with Crippen molar-refractivity contribution in [1.82, 2.24) is 9.78 Å². The Morgan fingerprint density at radius 1 is 1.29 bits per heavy atom. The van der Waals surface area contributed by atoms with Gasteiger partial charge < -0.3 is 5.11 Å². The summed E-state index contributed by atoms with van der Waals surface area (Å²) in [6, 6.07) is 7.49. The molecule has 0 spiro atoms. The zero-order chi connectivity index (χ0) is 12.6. The van der Waals surface area contributed by atoms with Crippen LogP contribution in [0, 0.1) is 6.92 Å². The van der Waals surface area contributed by atoms with Crippen LogP contribution in [0.15, 0.2) is 33.2 Å². The Morgan fingerprint density at radius 3 is 2.35 bits per heavy atom. The van der Waals surface area contributed by atoms with Crippen molar-refractivity contribution < 1.29 is 9.90 Å². The van der Waals surface area contributed by atoms with Crippen molar-refractivity contribution in [3.8, 4) is 5.69 Å². The number of carbonyl (C=O) groups is 1. The first-order valence-corrected chi connectivity index (χ1v) is 6.33. The number of hydrogen-bond donors (Lipinski definition) is 1. The van der Waals surface area contributed by atoms with Gasteiger partial charge >= 0.3 is 5.97 Å². The van der Waals surface area contributed by atoms with Crippen LogP contribution < -0.4 is 0 Å². The maximum atomic E-state index is 11.0. The van der Waals surface area contributed by atoms with Gasteiger partial charge in [-0.1, -0.05) is 15.9 Å². The van der Waals surface area contributed by atoms with Gasteiger partial charge in [-0.15, -0.1) is 0 Å². The third-order valence-electron chi connectivity index (χ3n) is 2.32. The van der Waals surface area contributed by atoms with Crippen molar-refractivity contribution in [1.29, 1.82) is 0 Å². The second-order valence-electron chi connectivity index (χ2n) is 3.44. The Hall–Kier alpha value is -1.14. The zero-order valence-corrected chi connectivity index (χ0v) is 12.0. The molecule has 2 rings (SSSR count). The average molecular weight is 360 g/mol. The van der Waals surface area contributed by atoms with Crippen molar-refractivity contribution in [2.45, 2.75) is 6.92 Å². The predicted molar refractivity (Wildman–Crippen MR) is 70.7 cm³/mol. The Balaban J connectivity index is 2.56. The predicted octanol–water partition coefficient (Wildman–Crippen LogP) is 3.40. The minimum absolute atomic E-state index is 0.0189. The Labute approximate surface area is 115 Å². The highest BCUT2D eigenvalue weighted by Gasteiger charge is 2.18. The quantitative estimate of drug-likeness (QED) is 0.893. The van der Waals surface area contributed by atoms with Gasteiger partial charge in [-0.3, -0.25) is 0 Å². The molecular formula is C11H8Br2N2O2. The van der Waals surface area contributed by atoms with Crippen LogP contribution in [0.4, 0.5) is 0 Å². The van der Waals surface area contributed by atoms with Crippen molar-refractivity contribution in [2.24, 2.45) is 0 Å². The first kappa shape index (κ1) is 12.3. The van der Waals surface area contributed by atoms with Gasteiger partial charge in [-0.2, -0.15) is 5.10 Å². The fourth-order valence-electron chi connectivity index (χ4n) is 1.45. The summed E-state index contributed by atoms with van der Waals surface area (Å²) in [5, 5.41) is 13.0. The highest BCUT2D eigenvalue weighted by atomic mass is 79.9. The Kier molecular flexibility index (Phi) is 3.35. The van der Waals surface area contributed by atoms with Crippen molar-refractivity contribution in [3.63, 3.8) is 0 Å².